The highest BCUT2D eigenvalue weighted by atomic mass is 35.5. The first-order chi connectivity index (χ1) is 18.1. The summed E-state index contributed by atoms with van der Waals surface area (Å²) in [7, 11) is -3.60. The summed E-state index contributed by atoms with van der Waals surface area (Å²) in [6.45, 7) is 3.91. The van der Waals surface area contributed by atoms with Gasteiger partial charge >= 0.3 is 0 Å². The summed E-state index contributed by atoms with van der Waals surface area (Å²) >= 11 is 5.92. The van der Waals surface area contributed by atoms with Gasteiger partial charge in [-0.1, -0.05) is 11.6 Å². The summed E-state index contributed by atoms with van der Waals surface area (Å²) in [6.07, 6.45) is 7.77. The predicted octanol–water partition coefficient (Wildman–Crippen LogP) is 5.78. The average molecular weight is 559 g/mol. The van der Waals surface area contributed by atoms with Crippen LogP contribution in [-0.2, 0) is 10.0 Å². The molecule has 7 rings (SSSR count). The molecule has 8 nitrogen and oxygen atoms in total. The number of piperazine rings is 1. The van der Waals surface area contributed by atoms with Gasteiger partial charge in [0.1, 0.15) is 5.69 Å². The van der Waals surface area contributed by atoms with Gasteiger partial charge in [-0.25, -0.2) is 8.42 Å². The van der Waals surface area contributed by atoms with Crippen LogP contribution in [0.2, 0.25) is 5.02 Å². The van der Waals surface area contributed by atoms with E-state index >= 15 is 0 Å². The first-order valence-corrected chi connectivity index (χ1v) is 15.5. The molecule has 5 fully saturated rings. The first kappa shape index (κ1) is 25.9. The van der Waals surface area contributed by atoms with Crippen molar-refractivity contribution in [2.24, 2.45) is 23.2 Å². The normalized spacial score (nSPS) is 29.8. The third-order valence-electron chi connectivity index (χ3n) is 9.61. The Hall–Kier alpha value is -2.36. The van der Waals surface area contributed by atoms with E-state index in [9.17, 15) is 18.5 Å². The number of nitro groups is 1. The lowest BCUT2D eigenvalue weighted by atomic mass is 9.48. The molecule has 4 saturated carbocycles. The minimum Gasteiger partial charge on any atom is -0.376 e. The van der Waals surface area contributed by atoms with Gasteiger partial charge < -0.3 is 10.2 Å². The van der Waals surface area contributed by atoms with E-state index in [0.29, 0.717) is 36.9 Å². The molecule has 1 saturated heterocycles. The highest BCUT2D eigenvalue weighted by Crippen LogP contribution is 2.61. The summed E-state index contributed by atoms with van der Waals surface area (Å²) < 4.78 is 27.7. The van der Waals surface area contributed by atoms with Gasteiger partial charge in [-0.15, -0.1) is 0 Å². The van der Waals surface area contributed by atoms with Crippen molar-refractivity contribution >= 4 is 38.7 Å². The number of nitro benzene ring substituents is 1. The third kappa shape index (κ3) is 4.67. The van der Waals surface area contributed by atoms with Gasteiger partial charge in [0, 0.05) is 49.0 Å². The maximum Gasteiger partial charge on any atom is 0.292 e. The fraction of sp³-hybridized carbons (Fsp3) is 0.571. The molecule has 0 spiro atoms. The average Bonchev–Trinajstić information content (AvgIpc) is 2.88. The molecule has 1 aliphatic heterocycles. The molecule has 0 radical (unpaired) electrons. The Labute approximate surface area is 229 Å². The van der Waals surface area contributed by atoms with E-state index in [-0.39, 0.29) is 27.0 Å². The number of rotatable bonds is 7. The van der Waals surface area contributed by atoms with E-state index < -0.39 is 10.0 Å². The van der Waals surface area contributed by atoms with Crippen LogP contribution in [0.4, 0.5) is 17.1 Å². The van der Waals surface area contributed by atoms with Crippen LogP contribution in [0.25, 0.3) is 0 Å². The zero-order chi connectivity index (χ0) is 26.7. The molecule has 38 heavy (non-hydrogen) atoms. The van der Waals surface area contributed by atoms with E-state index in [4.69, 9.17) is 11.6 Å². The van der Waals surface area contributed by atoms with Crippen molar-refractivity contribution in [1.82, 2.24) is 4.31 Å². The smallest absolute Gasteiger partial charge is 0.292 e. The quantitative estimate of drug-likeness (QED) is 0.342. The van der Waals surface area contributed by atoms with E-state index in [2.05, 4.69) is 17.1 Å². The van der Waals surface area contributed by atoms with Gasteiger partial charge in [0.15, 0.2) is 0 Å². The molecular formula is C28H35ClN4O4S. The van der Waals surface area contributed by atoms with Crippen LogP contribution in [0.3, 0.4) is 0 Å². The van der Waals surface area contributed by atoms with Gasteiger partial charge in [-0.05, 0) is 105 Å². The molecule has 2 aromatic rings. The molecule has 0 amide bonds. The first-order valence-electron chi connectivity index (χ1n) is 13.7. The van der Waals surface area contributed by atoms with Crippen LogP contribution in [0.15, 0.2) is 47.4 Å². The van der Waals surface area contributed by atoms with E-state index in [1.165, 1.54) is 55.0 Å². The monoisotopic (exact) mass is 558 g/mol. The highest BCUT2D eigenvalue weighted by Gasteiger charge is 2.53. The lowest BCUT2D eigenvalue weighted by Gasteiger charge is -2.59. The second kappa shape index (κ2) is 9.68. The van der Waals surface area contributed by atoms with Crippen molar-refractivity contribution in [2.75, 3.05) is 36.4 Å². The Morgan fingerprint density at radius 2 is 1.55 bits per heavy atom. The Kier molecular flexibility index (Phi) is 6.60. The van der Waals surface area contributed by atoms with E-state index in [1.54, 1.807) is 24.3 Å². The number of hydrogen-bond acceptors (Lipinski definition) is 6. The molecule has 10 heteroatoms. The maximum atomic E-state index is 13.1. The predicted molar refractivity (Wildman–Crippen MR) is 149 cm³/mol. The van der Waals surface area contributed by atoms with Crippen LogP contribution < -0.4 is 10.2 Å². The number of anilines is 2. The minimum absolute atomic E-state index is 0.0919. The van der Waals surface area contributed by atoms with Crippen molar-refractivity contribution in [3.63, 3.8) is 0 Å². The molecule has 5 aliphatic rings. The second-order valence-corrected chi connectivity index (χ2v) is 14.3. The number of benzene rings is 2. The van der Waals surface area contributed by atoms with Crippen LogP contribution >= 0.6 is 11.6 Å². The molecule has 2 aromatic carbocycles. The number of sulfonamides is 1. The Balaban J connectivity index is 1.18. The molecular weight excluding hydrogens is 524 g/mol. The van der Waals surface area contributed by atoms with E-state index in [0.717, 1.165) is 23.4 Å². The zero-order valence-corrected chi connectivity index (χ0v) is 23.3. The molecule has 0 unspecified atom stereocenters. The summed E-state index contributed by atoms with van der Waals surface area (Å²) in [6, 6.07) is 11.6. The zero-order valence-electron chi connectivity index (χ0n) is 21.7. The Morgan fingerprint density at radius 1 is 0.974 bits per heavy atom. The fourth-order valence-corrected chi connectivity index (χ4v) is 9.58. The molecule has 1 N–H and O–H groups in total. The molecule has 4 bridgehead atoms. The Morgan fingerprint density at radius 3 is 2.11 bits per heavy atom. The third-order valence-corrected chi connectivity index (χ3v) is 11.8. The molecule has 204 valence electrons. The van der Waals surface area contributed by atoms with Crippen molar-refractivity contribution < 1.29 is 13.3 Å². The molecule has 0 aromatic heterocycles. The second-order valence-electron chi connectivity index (χ2n) is 11.9. The molecule has 1 atom stereocenters. The maximum absolute atomic E-state index is 13.1. The van der Waals surface area contributed by atoms with Crippen molar-refractivity contribution in [1.29, 1.82) is 0 Å². The summed E-state index contributed by atoms with van der Waals surface area (Å²) in [5.74, 6) is 2.44. The summed E-state index contributed by atoms with van der Waals surface area (Å²) in [5.41, 5.74) is 1.75. The van der Waals surface area contributed by atoms with Gasteiger partial charge in [-0.2, -0.15) is 4.31 Å². The number of nitrogens with zero attached hydrogens (tertiary/aromatic N) is 3. The number of hydrogen-bond donors (Lipinski definition) is 1. The lowest BCUT2D eigenvalue weighted by Crippen LogP contribution is -2.53. The number of nitrogens with one attached hydrogen (secondary N) is 1. The van der Waals surface area contributed by atoms with Gasteiger partial charge in [-0.3, -0.25) is 10.1 Å². The minimum atomic E-state index is -3.60. The van der Waals surface area contributed by atoms with Crippen LogP contribution in [-0.4, -0.2) is 49.9 Å². The number of halogens is 1. The topological polar surface area (TPSA) is 95.8 Å². The SMILES string of the molecule is C[C@@H](Nc1cc(N2CCN(S(=O)(=O)c3ccc(Cl)cc3)CC2)ccc1[N+](=O)[O-])C12CC3CC(CC(C3)C1)C2. The van der Waals surface area contributed by atoms with Crippen molar-refractivity contribution in [3.8, 4) is 0 Å². The molecule has 4 aliphatic carbocycles. The largest absolute Gasteiger partial charge is 0.376 e. The van der Waals surface area contributed by atoms with Crippen molar-refractivity contribution in [3.05, 3.63) is 57.6 Å². The lowest BCUT2D eigenvalue weighted by molar-refractivity contribution is -0.384. The Bertz CT molecular complexity index is 1290. The van der Waals surface area contributed by atoms with Crippen LogP contribution in [0.5, 0.6) is 0 Å². The fourth-order valence-electron chi connectivity index (χ4n) is 8.03. The highest BCUT2D eigenvalue weighted by molar-refractivity contribution is 7.89. The summed E-state index contributed by atoms with van der Waals surface area (Å²) in [5, 5.41) is 16.0. The van der Waals surface area contributed by atoms with Crippen LogP contribution in [0, 0.1) is 33.3 Å². The molecule has 1 heterocycles. The van der Waals surface area contributed by atoms with Crippen molar-refractivity contribution in [2.45, 2.75) is 56.4 Å². The van der Waals surface area contributed by atoms with Gasteiger partial charge in [0.25, 0.3) is 5.69 Å². The van der Waals surface area contributed by atoms with Gasteiger partial charge in [0.2, 0.25) is 10.0 Å². The van der Waals surface area contributed by atoms with E-state index in [1.807, 2.05) is 6.07 Å². The summed E-state index contributed by atoms with van der Waals surface area (Å²) in [4.78, 5) is 13.9. The van der Waals surface area contributed by atoms with Gasteiger partial charge in [0.05, 0.1) is 9.82 Å². The standard InChI is InChI=1S/C28H35ClN4O4S/c1-19(28-16-20-12-21(17-28)14-22(13-20)18-28)30-26-15-24(4-7-27(26)33(34)35)31-8-10-32(11-9-31)38(36,37)25-5-2-23(29)3-6-25/h2-7,15,19-22,30H,8-14,16-18H2,1H3/t19-,20?,21?,22?,28?/m1/s1. The van der Waals surface area contributed by atoms with Crippen LogP contribution in [0.1, 0.15) is 45.4 Å².